The smallest absolute Gasteiger partial charge is 0.319 e. The minimum atomic E-state index is -1.36. The van der Waals surface area contributed by atoms with Gasteiger partial charge in [0.15, 0.2) is 5.13 Å². The molecule has 4 rings (SSSR count). The standard InChI is InChI=1S/C22H19N5O5S/c1-14(28)26(17-6-4-3-5-7-17)21-23-16(13-33-21)12-25-19(29)22(2,24-20(25)30)15-8-10-18(11-9-15)27(31)32/h3-11,13H,12H2,1-2H3,(H,24,30). The predicted octanol–water partition coefficient (Wildman–Crippen LogP) is 3.70. The number of urea groups is 1. The Hall–Kier alpha value is -4.12. The topological polar surface area (TPSA) is 126 Å². The van der Waals surface area contributed by atoms with Gasteiger partial charge in [0.05, 0.1) is 22.8 Å². The number of carbonyl (C=O) groups excluding carboxylic acids is 3. The molecule has 2 aromatic carbocycles. The average Bonchev–Trinajstić information content (AvgIpc) is 3.33. The summed E-state index contributed by atoms with van der Waals surface area (Å²) in [6.45, 7) is 2.90. The molecule has 0 saturated carbocycles. The molecule has 1 fully saturated rings. The first kappa shape index (κ1) is 22.1. The Balaban J connectivity index is 1.56. The molecule has 3 aromatic rings. The van der Waals surface area contributed by atoms with Crippen LogP contribution in [0.15, 0.2) is 60.0 Å². The lowest BCUT2D eigenvalue weighted by Gasteiger charge is -2.22. The van der Waals surface area contributed by atoms with Gasteiger partial charge >= 0.3 is 6.03 Å². The third-order valence-corrected chi connectivity index (χ3v) is 6.19. The maximum atomic E-state index is 13.2. The van der Waals surface area contributed by atoms with Crippen LogP contribution in [-0.2, 0) is 21.7 Å². The van der Waals surface area contributed by atoms with Crippen LogP contribution in [0.3, 0.4) is 0 Å². The highest BCUT2D eigenvalue weighted by molar-refractivity contribution is 7.14. The largest absolute Gasteiger partial charge is 0.325 e. The van der Waals surface area contributed by atoms with Crippen LogP contribution in [0.25, 0.3) is 0 Å². The minimum Gasteiger partial charge on any atom is -0.319 e. The molecule has 1 saturated heterocycles. The van der Waals surface area contributed by atoms with Gasteiger partial charge in [-0.25, -0.2) is 9.78 Å². The molecule has 168 valence electrons. The fraction of sp³-hybridized carbons (Fsp3) is 0.182. The van der Waals surface area contributed by atoms with Crippen LogP contribution in [0.4, 0.5) is 21.3 Å². The van der Waals surface area contributed by atoms with E-state index in [1.165, 1.54) is 47.4 Å². The number of aromatic nitrogens is 1. The first-order valence-corrected chi connectivity index (χ1v) is 10.8. The summed E-state index contributed by atoms with van der Waals surface area (Å²) in [5.74, 6) is -0.717. The first-order chi connectivity index (χ1) is 15.7. The number of amides is 4. The Bertz CT molecular complexity index is 1240. The summed E-state index contributed by atoms with van der Waals surface area (Å²) in [6, 6.07) is 13.9. The van der Waals surface area contributed by atoms with E-state index in [1.807, 2.05) is 18.2 Å². The number of nitrogens with one attached hydrogen (secondary N) is 1. The van der Waals surface area contributed by atoms with Gasteiger partial charge in [0.25, 0.3) is 11.6 Å². The number of benzene rings is 2. The maximum absolute atomic E-state index is 13.2. The van der Waals surface area contributed by atoms with Crippen LogP contribution in [0, 0.1) is 10.1 Å². The predicted molar refractivity (Wildman–Crippen MR) is 121 cm³/mol. The van der Waals surface area contributed by atoms with Crippen LogP contribution in [0.2, 0.25) is 0 Å². The van der Waals surface area contributed by atoms with Crippen LogP contribution >= 0.6 is 11.3 Å². The summed E-state index contributed by atoms with van der Waals surface area (Å²) in [5.41, 5.74) is 0.0694. The number of nitrogens with zero attached hydrogens (tertiary/aromatic N) is 4. The minimum absolute atomic E-state index is 0.0791. The molecule has 1 aliphatic rings. The number of nitro groups is 1. The number of imide groups is 1. The van der Waals surface area contributed by atoms with Crippen molar-refractivity contribution in [2.75, 3.05) is 4.90 Å². The molecule has 0 spiro atoms. The number of nitro benzene ring substituents is 1. The highest BCUT2D eigenvalue weighted by Crippen LogP contribution is 2.33. The monoisotopic (exact) mass is 465 g/mol. The number of thiazole rings is 1. The molecule has 2 heterocycles. The van der Waals surface area contributed by atoms with E-state index in [0.29, 0.717) is 22.1 Å². The van der Waals surface area contributed by atoms with Crippen molar-refractivity contribution in [2.24, 2.45) is 0 Å². The van der Waals surface area contributed by atoms with Crippen LogP contribution in [0.1, 0.15) is 25.1 Å². The number of hydrogen-bond donors (Lipinski definition) is 1. The molecule has 10 nitrogen and oxygen atoms in total. The molecule has 0 radical (unpaired) electrons. The Labute approximate surface area is 192 Å². The van der Waals surface area contributed by atoms with E-state index in [-0.39, 0.29) is 18.1 Å². The van der Waals surface area contributed by atoms with Gasteiger partial charge < -0.3 is 5.32 Å². The molecule has 33 heavy (non-hydrogen) atoms. The Kier molecular flexibility index (Phi) is 5.64. The summed E-state index contributed by atoms with van der Waals surface area (Å²) in [5, 5.41) is 15.7. The second-order valence-corrected chi connectivity index (χ2v) is 8.40. The van der Waals surface area contributed by atoms with Gasteiger partial charge in [0.1, 0.15) is 5.54 Å². The Morgan fingerprint density at radius 1 is 1.18 bits per heavy atom. The fourth-order valence-corrected chi connectivity index (χ4v) is 4.47. The van der Waals surface area contributed by atoms with Gasteiger partial charge in [-0.15, -0.1) is 11.3 Å². The maximum Gasteiger partial charge on any atom is 0.325 e. The molecular weight excluding hydrogens is 446 g/mol. The van der Waals surface area contributed by atoms with Crippen molar-refractivity contribution < 1.29 is 19.3 Å². The second kappa shape index (κ2) is 8.43. The van der Waals surface area contributed by atoms with Crippen molar-refractivity contribution in [1.29, 1.82) is 0 Å². The van der Waals surface area contributed by atoms with Crippen molar-refractivity contribution in [1.82, 2.24) is 15.2 Å². The highest BCUT2D eigenvalue weighted by atomic mass is 32.1. The van der Waals surface area contributed by atoms with Crippen LogP contribution in [0.5, 0.6) is 0 Å². The average molecular weight is 465 g/mol. The lowest BCUT2D eigenvalue weighted by atomic mass is 9.92. The zero-order valence-corrected chi connectivity index (χ0v) is 18.5. The lowest BCUT2D eigenvalue weighted by Crippen LogP contribution is -2.40. The first-order valence-electron chi connectivity index (χ1n) is 9.90. The molecule has 4 amide bonds. The van der Waals surface area contributed by atoms with Crippen LogP contribution in [-0.4, -0.2) is 32.7 Å². The third kappa shape index (κ3) is 4.05. The van der Waals surface area contributed by atoms with Crippen molar-refractivity contribution in [3.63, 3.8) is 0 Å². The molecule has 1 aromatic heterocycles. The lowest BCUT2D eigenvalue weighted by molar-refractivity contribution is -0.384. The second-order valence-electron chi connectivity index (χ2n) is 7.56. The number of rotatable bonds is 6. The molecular formula is C22H19N5O5S. The molecule has 0 bridgehead atoms. The summed E-state index contributed by atoms with van der Waals surface area (Å²) in [4.78, 5) is 55.3. The normalized spacial score (nSPS) is 17.7. The van der Waals surface area contributed by atoms with Gasteiger partial charge in [0, 0.05) is 24.4 Å². The van der Waals surface area contributed by atoms with Gasteiger partial charge in [-0.2, -0.15) is 0 Å². The van der Waals surface area contributed by atoms with Crippen molar-refractivity contribution >= 4 is 45.7 Å². The van der Waals surface area contributed by atoms with Gasteiger partial charge in [-0.1, -0.05) is 18.2 Å². The molecule has 11 heteroatoms. The molecule has 1 aliphatic heterocycles. The molecule has 1 unspecified atom stereocenters. The van der Waals surface area contributed by atoms with Gasteiger partial charge in [0.2, 0.25) is 5.91 Å². The summed E-state index contributed by atoms with van der Waals surface area (Å²) >= 11 is 1.23. The fourth-order valence-electron chi connectivity index (χ4n) is 3.59. The molecule has 0 aliphatic carbocycles. The Morgan fingerprint density at radius 3 is 2.45 bits per heavy atom. The number of para-hydroxylation sites is 1. The summed E-state index contributed by atoms with van der Waals surface area (Å²) < 4.78 is 0. The molecule has 1 atom stereocenters. The molecule has 1 N–H and O–H groups in total. The van der Waals surface area contributed by atoms with E-state index in [2.05, 4.69) is 10.3 Å². The van der Waals surface area contributed by atoms with E-state index >= 15 is 0 Å². The third-order valence-electron chi connectivity index (χ3n) is 5.31. The van der Waals surface area contributed by atoms with E-state index < -0.39 is 22.4 Å². The van der Waals surface area contributed by atoms with Crippen LogP contribution < -0.4 is 10.2 Å². The van der Waals surface area contributed by atoms with E-state index in [0.717, 1.165) is 4.90 Å². The highest BCUT2D eigenvalue weighted by Gasteiger charge is 2.49. The van der Waals surface area contributed by atoms with E-state index in [9.17, 15) is 24.5 Å². The number of anilines is 2. The zero-order chi connectivity index (χ0) is 23.8. The number of hydrogen-bond acceptors (Lipinski definition) is 7. The van der Waals surface area contributed by atoms with Gasteiger partial charge in [-0.05, 0) is 36.8 Å². The summed E-state index contributed by atoms with van der Waals surface area (Å²) in [7, 11) is 0. The van der Waals surface area contributed by atoms with Gasteiger partial charge in [-0.3, -0.25) is 29.5 Å². The van der Waals surface area contributed by atoms with Crippen molar-refractivity contribution in [3.8, 4) is 0 Å². The van der Waals surface area contributed by atoms with Crippen molar-refractivity contribution in [3.05, 3.63) is 81.3 Å². The zero-order valence-electron chi connectivity index (χ0n) is 17.7. The quantitative estimate of drug-likeness (QED) is 0.336. The summed E-state index contributed by atoms with van der Waals surface area (Å²) in [6.07, 6.45) is 0. The SMILES string of the molecule is CC(=O)N(c1ccccc1)c1nc(CN2C(=O)NC(C)(c3ccc([N+](=O)[O-])cc3)C2=O)cs1. The van der Waals surface area contributed by atoms with E-state index in [1.54, 1.807) is 24.4 Å². The van der Waals surface area contributed by atoms with E-state index in [4.69, 9.17) is 0 Å². The number of non-ortho nitro benzene ring substituents is 1. The number of carbonyl (C=O) groups is 3. The Morgan fingerprint density at radius 2 is 1.85 bits per heavy atom. The van der Waals surface area contributed by atoms with Crippen molar-refractivity contribution in [2.45, 2.75) is 25.9 Å².